The predicted molar refractivity (Wildman–Crippen MR) is 60.6 cm³/mol. The van der Waals surface area contributed by atoms with Gasteiger partial charge in [0.25, 0.3) is 0 Å². The summed E-state index contributed by atoms with van der Waals surface area (Å²) >= 11 is 0. The van der Waals surface area contributed by atoms with Gasteiger partial charge in [0.1, 0.15) is 0 Å². The quantitative estimate of drug-likeness (QED) is 0.738. The maximum atomic E-state index is 11.2. The fraction of sp³-hybridized carbons (Fsp3) is 0.333. The van der Waals surface area contributed by atoms with Gasteiger partial charge < -0.3 is 15.3 Å². The molecule has 0 aliphatic heterocycles. The fourth-order valence-electron chi connectivity index (χ4n) is 1.80. The van der Waals surface area contributed by atoms with E-state index in [2.05, 4.69) is 0 Å². The summed E-state index contributed by atoms with van der Waals surface area (Å²) in [5.41, 5.74) is 0.548. The van der Waals surface area contributed by atoms with Crippen LogP contribution in [0, 0.1) is 6.92 Å². The van der Waals surface area contributed by atoms with Crippen LogP contribution in [0.15, 0.2) is 12.1 Å². The van der Waals surface area contributed by atoms with E-state index >= 15 is 0 Å². The largest absolute Gasteiger partial charge is 0.478 e. The SMILES string of the molecule is Cc1ccc(C(=O)O)c(C(C)CO)c1C(=O)O. The number of rotatable bonds is 4. The zero-order chi connectivity index (χ0) is 13.2. The highest BCUT2D eigenvalue weighted by Gasteiger charge is 2.24. The van der Waals surface area contributed by atoms with Crippen molar-refractivity contribution in [2.24, 2.45) is 0 Å². The molecule has 0 fully saturated rings. The van der Waals surface area contributed by atoms with Crippen molar-refractivity contribution < 1.29 is 24.9 Å². The van der Waals surface area contributed by atoms with Crippen LogP contribution in [0.5, 0.6) is 0 Å². The Balaban J connectivity index is 3.61. The van der Waals surface area contributed by atoms with E-state index in [4.69, 9.17) is 15.3 Å². The van der Waals surface area contributed by atoms with Crippen LogP contribution < -0.4 is 0 Å². The van der Waals surface area contributed by atoms with Crippen molar-refractivity contribution in [3.8, 4) is 0 Å². The Morgan fingerprint density at radius 1 is 1.24 bits per heavy atom. The fourth-order valence-corrected chi connectivity index (χ4v) is 1.80. The summed E-state index contributed by atoms with van der Waals surface area (Å²) in [4.78, 5) is 22.2. The van der Waals surface area contributed by atoms with Gasteiger partial charge in [-0.15, -0.1) is 0 Å². The molecular weight excluding hydrogens is 224 g/mol. The third-order valence-corrected chi connectivity index (χ3v) is 2.66. The number of aryl methyl sites for hydroxylation is 1. The van der Waals surface area contributed by atoms with E-state index < -0.39 is 17.9 Å². The Morgan fingerprint density at radius 2 is 1.82 bits per heavy atom. The van der Waals surface area contributed by atoms with Crippen molar-refractivity contribution in [2.75, 3.05) is 6.61 Å². The van der Waals surface area contributed by atoms with E-state index in [1.54, 1.807) is 13.8 Å². The summed E-state index contributed by atoms with van der Waals surface area (Å²) in [6, 6.07) is 2.83. The zero-order valence-electron chi connectivity index (χ0n) is 9.60. The van der Waals surface area contributed by atoms with E-state index in [9.17, 15) is 9.59 Å². The van der Waals surface area contributed by atoms with Gasteiger partial charge in [-0.3, -0.25) is 0 Å². The minimum Gasteiger partial charge on any atom is -0.478 e. The first-order chi connectivity index (χ1) is 7.90. The third kappa shape index (κ3) is 2.45. The summed E-state index contributed by atoms with van der Waals surface area (Å²) in [5, 5.41) is 27.3. The number of carbonyl (C=O) groups is 2. The molecule has 5 nitrogen and oxygen atoms in total. The molecule has 1 rings (SSSR count). The molecule has 3 N–H and O–H groups in total. The Kier molecular flexibility index (Phi) is 3.85. The minimum atomic E-state index is -1.19. The van der Waals surface area contributed by atoms with E-state index in [1.807, 2.05) is 0 Å². The zero-order valence-corrected chi connectivity index (χ0v) is 9.60. The molecule has 5 heteroatoms. The summed E-state index contributed by atoms with van der Waals surface area (Å²) < 4.78 is 0. The average molecular weight is 238 g/mol. The summed E-state index contributed by atoms with van der Waals surface area (Å²) in [6.07, 6.45) is 0. The molecule has 1 atom stereocenters. The molecule has 1 aromatic carbocycles. The van der Waals surface area contributed by atoms with Crippen LogP contribution in [0.25, 0.3) is 0 Å². The molecule has 0 heterocycles. The number of carboxylic acids is 2. The number of hydrogen-bond acceptors (Lipinski definition) is 3. The number of aliphatic hydroxyl groups is 1. The summed E-state index contributed by atoms with van der Waals surface area (Å²) in [5.74, 6) is -2.91. The maximum Gasteiger partial charge on any atom is 0.336 e. The lowest BCUT2D eigenvalue weighted by atomic mass is 9.88. The molecule has 0 aliphatic carbocycles. The van der Waals surface area contributed by atoms with Crippen LogP contribution in [-0.2, 0) is 0 Å². The first-order valence-corrected chi connectivity index (χ1v) is 5.11. The number of hydrogen-bond donors (Lipinski definition) is 3. The molecule has 0 radical (unpaired) electrons. The number of aliphatic hydroxyl groups excluding tert-OH is 1. The molecule has 0 aromatic heterocycles. The molecule has 92 valence electrons. The van der Waals surface area contributed by atoms with Crippen LogP contribution in [0.2, 0.25) is 0 Å². The van der Waals surface area contributed by atoms with Crippen LogP contribution in [0.1, 0.15) is 44.7 Å². The second-order valence-electron chi connectivity index (χ2n) is 3.91. The smallest absolute Gasteiger partial charge is 0.336 e. The lowest BCUT2D eigenvalue weighted by Gasteiger charge is -2.16. The predicted octanol–water partition coefficient (Wildman–Crippen LogP) is 1.49. The minimum absolute atomic E-state index is 0.0357. The lowest BCUT2D eigenvalue weighted by molar-refractivity contribution is 0.0693. The number of aromatic carboxylic acids is 2. The van der Waals surface area contributed by atoms with Gasteiger partial charge in [-0.05, 0) is 24.1 Å². The molecule has 0 spiro atoms. The Hall–Kier alpha value is -1.88. The van der Waals surface area contributed by atoms with Crippen molar-refractivity contribution in [3.05, 3.63) is 34.4 Å². The molecule has 0 aliphatic rings. The van der Waals surface area contributed by atoms with Gasteiger partial charge in [-0.1, -0.05) is 13.0 Å². The average Bonchev–Trinajstić information content (AvgIpc) is 2.26. The molecule has 0 amide bonds. The standard InChI is InChI=1S/C12H14O5/c1-6-3-4-8(11(14)15)9(7(2)5-13)10(6)12(16)17/h3-4,7,13H,5H2,1-2H3,(H,14,15)(H,16,17). The first kappa shape index (κ1) is 13.2. The van der Waals surface area contributed by atoms with Crippen LogP contribution in [-0.4, -0.2) is 33.9 Å². The molecule has 17 heavy (non-hydrogen) atoms. The van der Waals surface area contributed by atoms with Gasteiger partial charge in [-0.2, -0.15) is 0 Å². The molecule has 1 aromatic rings. The number of benzene rings is 1. The van der Waals surface area contributed by atoms with Crippen LogP contribution >= 0.6 is 0 Å². The maximum absolute atomic E-state index is 11.2. The highest BCUT2D eigenvalue weighted by atomic mass is 16.4. The Bertz CT molecular complexity index is 464. The van der Waals surface area contributed by atoms with Crippen molar-refractivity contribution in [1.82, 2.24) is 0 Å². The second kappa shape index (κ2) is 4.97. The second-order valence-corrected chi connectivity index (χ2v) is 3.91. The van der Waals surface area contributed by atoms with Crippen molar-refractivity contribution in [2.45, 2.75) is 19.8 Å². The van der Waals surface area contributed by atoms with Crippen molar-refractivity contribution in [1.29, 1.82) is 0 Å². The Morgan fingerprint density at radius 3 is 2.24 bits per heavy atom. The van der Waals surface area contributed by atoms with Crippen LogP contribution in [0.3, 0.4) is 0 Å². The first-order valence-electron chi connectivity index (χ1n) is 5.11. The van der Waals surface area contributed by atoms with Crippen LogP contribution in [0.4, 0.5) is 0 Å². The highest BCUT2D eigenvalue weighted by Crippen LogP contribution is 2.27. The summed E-state index contributed by atoms with van der Waals surface area (Å²) in [6.45, 7) is 2.89. The highest BCUT2D eigenvalue weighted by molar-refractivity contribution is 5.98. The van der Waals surface area contributed by atoms with E-state index in [0.29, 0.717) is 5.56 Å². The van der Waals surface area contributed by atoms with Gasteiger partial charge in [0, 0.05) is 12.5 Å². The Labute approximate surface area is 98.3 Å². The lowest BCUT2D eigenvalue weighted by Crippen LogP contribution is -2.15. The summed E-state index contributed by atoms with van der Waals surface area (Å²) in [7, 11) is 0. The van der Waals surface area contributed by atoms with Gasteiger partial charge in [-0.25, -0.2) is 9.59 Å². The van der Waals surface area contributed by atoms with Crippen molar-refractivity contribution >= 4 is 11.9 Å². The molecule has 1 unspecified atom stereocenters. The van der Waals surface area contributed by atoms with Crippen molar-refractivity contribution in [3.63, 3.8) is 0 Å². The molecular formula is C12H14O5. The molecule has 0 bridgehead atoms. The monoisotopic (exact) mass is 238 g/mol. The normalized spacial score (nSPS) is 12.2. The van der Waals surface area contributed by atoms with Gasteiger partial charge in [0.2, 0.25) is 0 Å². The van der Waals surface area contributed by atoms with Gasteiger partial charge in [0.15, 0.2) is 0 Å². The third-order valence-electron chi connectivity index (χ3n) is 2.66. The number of carboxylic acid groups (broad SMARTS) is 2. The topological polar surface area (TPSA) is 94.8 Å². The van der Waals surface area contributed by atoms with Gasteiger partial charge in [0.05, 0.1) is 11.1 Å². The van der Waals surface area contributed by atoms with E-state index in [-0.39, 0.29) is 23.3 Å². The molecule has 0 saturated heterocycles. The van der Waals surface area contributed by atoms with Gasteiger partial charge >= 0.3 is 11.9 Å². The molecule has 0 saturated carbocycles. The van der Waals surface area contributed by atoms with E-state index in [0.717, 1.165) is 0 Å². The van der Waals surface area contributed by atoms with E-state index in [1.165, 1.54) is 12.1 Å².